The Morgan fingerprint density at radius 2 is 1.57 bits per heavy atom. The van der Waals surface area contributed by atoms with Gasteiger partial charge in [0.2, 0.25) is 0 Å². The van der Waals surface area contributed by atoms with Gasteiger partial charge in [0.05, 0.1) is 6.10 Å². The lowest BCUT2D eigenvalue weighted by molar-refractivity contribution is -0.249. The second kappa shape index (κ2) is 5.47. The Morgan fingerprint density at radius 3 is 2.04 bits per heavy atom. The van der Waals surface area contributed by atoms with Crippen molar-refractivity contribution in [3.05, 3.63) is 0 Å². The van der Waals surface area contributed by atoms with Crippen LogP contribution in [0.4, 0.5) is 4.79 Å². The quantitative estimate of drug-likeness (QED) is 0.683. The predicted octanol–water partition coefficient (Wildman–Crippen LogP) is 3.65. The highest BCUT2D eigenvalue weighted by molar-refractivity contribution is 5.80. The maximum absolute atomic E-state index is 12.2. The highest BCUT2D eigenvalue weighted by atomic mass is 16.6. The summed E-state index contributed by atoms with van der Waals surface area (Å²) in [6.45, 7) is 10.9. The second-order valence-corrected chi connectivity index (χ2v) is 8.64. The number of hydrogen-bond donors (Lipinski definition) is 3. The van der Waals surface area contributed by atoms with E-state index < -0.39 is 6.16 Å². The molecule has 0 saturated heterocycles. The van der Waals surface area contributed by atoms with Gasteiger partial charge in [0, 0.05) is 11.3 Å². The summed E-state index contributed by atoms with van der Waals surface area (Å²) < 4.78 is 0. The van der Waals surface area contributed by atoms with Crippen LogP contribution >= 0.6 is 0 Å². The van der Waals surface area contributed by atoms with Gasteiger partial charge in [0.15, 0.2) is 0 Å². The number of hydrogen-bond acceptors (Lipinski definition) is 3. The zero-order valence-electron chi connectivity index (χ0n) is 14.8. The minimum Gasteiger partial charge on any atom is -0.450 e. The summed E-state index contributed by atoms with van der Waals surface area (Å²) in [6.07, 6.45) is 2.33. The molecule has 5 nitrogen and oxygen atoms in total. The van der Waals surface area contributed by atoms with Crippen molar-refractivity contribution in [2.24, 2.45) is 34.0 Å². The Morgan fingerprint density at radius 1 is 1.04 bits per heavy atom. The van der Waals surface area contributed by atoms with Crippen LogP contribution in [0.5, 0.6) is 0 Å². The molecule has 4 aliphatic carbocycles. The van der Waals surface area contributed by atoms with E-state index in [1.165, 1.54) is 12.8 Å². The number of carbonyl (C=O) groups is 2. The average molecular weight is 326 g/mol. The van der Waals surface area contributed by atoms with Gasteiger partial charge in [-0.2, -0.15) is 0 Å². The van der Waals surface area contributed by atoms with Crippen molar-refractivity contribution in [2.45, 2.75) is 66.4 Å². The molecular formula is C18H30O5. The van der Waals surface area contributed by atoms with Crippen LogP contribution in [0.1, 0.15) is 60.3 Å². The summed E-state index contributed by atoms with van der Waals surface area (Å²) in [6, 6.07) is 0. The zero-order chi connectivity index (χ0) is 17.8. The van der Waals surface area contributed by atoms with Gasteiger partial charge >= 0.3 is 6.16 Å². The van der Waals surface area contributed by atoms with Gasteiger partial charge in [-0.05, 0) is 55.3 Å². The first-order chi connectivity index (χ1) is 10.4. The van der Waals surface area contributed by atoms with Crippen molar-refractivity contribution >= 4 is 11.9 Å². The SMILES string of the molecule is CC(=O)C1CC23CC(O)C1(C)C(C)(C)C2CCC3C.O=C(O)O. The standard InChI is InChI=1S/C17H28O2.CH2O3/c1-10-6-7-13-15(3,4)16(5)12(11(2)18)8-17(10,13)9-14(16)19;2-1(3)4/h10,12-14,19H,6-9H2,1-5H3;(H2,2,3,4). The Labute approximate surface area is 138 Å². The number of aliphatic hydroxyl groups excluding tert-OH is 1. The number of aliphatic hydroxyl groups is 1. The van der Waals surface area contributed by atoms with E-state index in [1.807, 2.05) is 0 Å². The van der Waals surface area contributed by atoms with E-state index in [0.717, 1.165) is 12.8 Å². The highest BCUT2D eigenvalue weighted by Crippen LogP contribution is 2.75. The largest absolute Gasteiger partial charge is 0.503 e. The molecule has 3 N–H and O–H groups in total. The summed E-state index contributed by atoms with van der Waals surface area (Å²) in [4.78, 5) is 20.8. The lowest BCUT2D eigenvalue weighted by Crippen LogP contribution is -2.68. The van der Waals surface area contributed by atoms with Gasteiger partial charge in [0.25, 0.3) is 0 Å². The van der Waals surface area contributed by atoms with Crippen molar-refractivity contribution in [3.8, 4) is 0 Å². The van der Waals surface area contributed by atoms with Crippen LogP contribution in [-0.2, 0) is 4.79 Å². The fourth-order valence-electron chi connectivity index (χ4n) is 6.40. The van der Waals surface area contributed by atoms with Crippen LogP contribution in [0.15, 0.2) is 0 Å². The summed E-state index contributed by atoms with van der Waals surface area (Å²) in [7, 11) is 0. The van der Waals surface area contributed by atoms with Crippen molar-refractivity contribution in [1.29, 1.82) is 0 Å². The van der Waals surface area contributed by atoms with E-state index in [2.05, 4.69) is 27.7 Å². The fraction of sp³-hybridized carbons (Fsp3) is 0.889. The summed E-state index contributed by atoms with van der Waals surface area (Å²) in [5.41, 5.74) is 0.0380. The molecule has 0 aromatic rings. The van der Waals surface area contributed by atoms with E-state index in [4.69, 9.17) is 15.0 Å². The molecule has 23 heavy (non-hydrogen) atoms. The molecule has 5 heteroatoms. The van der Waals surface area contributed by atoms with Crippen molar-refractivity contribution in [1.82, 2.24) is 0 Å². The van der Waals surface area contributed by atoms with Gasteiger partial charge in [-0.1, -0.05) is 27.7 Å². The third-order valence-corrected chi connectivity index (χ3v) is 7.89. The van der Waals surface area contributed by atoms with Gasteiger partial charge in [0.1, 0.15) is 5.78 Å². The van der Waals surface area contributed by atoms with Gasteiger partial charge in [-0.25, -0.2) is 4.79 Å². The van der Waals surface area contributed by atoms with Crippen molar-refractivity contribution < 1.29 is 24.9 Å². The molecule has 0 radical (unpaired) electrons. The number of carbonyl (C=O) groups excluding carboxylic acids is 1. The fourth-order valence-corrected chi connectivity index (χ4v) is 6.40. The first kappa shape index (κ1) is 18.2. The molecule has 4 fully saturated rings. The first-order valence-electron chi connectivity index (χ1n) is 8.51. The molecule has 6 unspecified atom stereocenters. The van der Waals surface area contributed by atoms with Crippen molar-refractivity contribution in [3.63, 3.8) is 0 Å². The molecular weight excluding hydrogens is 296 g/mol. The first-order valence-corrected chi connectivity index (χ1v) is 8.51. The molecule has 2 bridgehead atoms. The van der Waals surface area contributed by atoms with E-state index in [-0.39, 0.29) is 34.1 Å². The molecule has 0 aromatic carbocycles. The smallest absolute Gasteiger partial charge is 0.450 e. The highest BCUT2D eigenvalue weighted by Gasteiger charge is 2.72. The Hall–Kier alpha value is -1.10. The lowest BCUT2D eigenvalue weighted by atomic mass is 9.35. The minimum absolute atomic E-state index is 0.0445. The summed E-state index contributed by atoms with van der Waals surface area (Å²) >= 11 is 0. The minimum atomic E-state index is -1.83. The molecule has 4 rings (SSSR count). The summed E-state index contributed by atoms with van der Waals surface area (Å²) in [5.74, 6) is 1.66. The van der Waals surface area contributed by atoms with E-state index in [1.54, 1.807) is 6.92 Å². The van der Waals surface area contributed by atoms with E-state index in [9.17, 15) is 9.90 Å². The van der Waals surface area contributed by atoms with Crippen LogP contribution in [0.3, 0.4) is 0 Å². The maximum Gasteiger partial charge on any atom is 0.503 e. The Balaban J connectivity index is 0.000000433. The molecule has 132 valence electrons. The van der Waals surface area contributed by atoms with Gasteiger partial charge in [-0.3, -0.25) is 4.79 Å². The lowest BCUT2D eigenvalue weighted by Gasteiger charge is -2.69. The number of Topliss-reactive ketones (excluding diaryl/α,β-unsaturated/α-hetero) is 1. The normalized spacial score (nSPS) is 46.5. The third-order valence-electron chi connectivity index (χ3n) is 7.89. The number of rotatable bonds is 1. The molecule has 0 amide bonds. The van der Waals surface area contributed by atoms with Gasteiger partial charge < -0.3 is 15.3 Å². The van der Waals surface area contributed by atoms with Gasteiger partial charge in [-0.15, -0.1) is 0 Å². The monoisotopic (exact) mass is 326 g/mol. The van der Waals surface area contributed by atoms with E-state index in [0.29, 0.717) is 11.8 Å². The molecule has 4 saturated carbocycles. The van der Waals surface area contributed by atoms with Crippen LogP contribution < -0.4 is 0 Å². The molecule has 0 heterocycles. The number of ketones is 1. The zero-order valence-corrected chi connectivity index (χ0v) is 14.8. The molecule has 4 aliphatic rings. The molecule has 1 spiro atoms. The topological polar surface area (TPSA) is 94.8 Å². The third kappa shape index (κ3) is 2.31. The van der Waals surface area contributed by atoms with Crippen LogP contribution in [0, 0.1) is 34.0 Å². The van der Waals surface area contributed by atoms with Crippen LogP contribution in [0.2, 0.25) is 0 Å². The number of carboxylic acid groups (broad SMARTS) is 2. The summed E-state index contributed by atoms with van der Waals surface area (Å²) in [5, 5.41) is 24.8. The predicted molar refractivity (Wildman–Crippen MR) is 86.3 cm³/mol. The van der Waals surface area contributed by atoms with Crippen LogP contribution in [0.25, 0.3) is 0 Å². The maximum atomic E-state index is 12.2. The average Bonchev–Trinajstić information content (AvgIpc) is 2.70. The Bertz CT molecular complexity index is 510. The molecule has 6 atom stereocenters. The molecule has 0 aromatic heterocycles. The second-order valence-electron chi connectivity index (χ2n) is 8.64. The van der Waals surface area contributed by atoms with Crippen LogP contribution in [-0.4, -0.2) is 33.4 Å². The molecule has 0 aliphatic heterocycles. The van der Waals surface area contributed by atoms with E-state index >= 15 is 0 Å². The Kier molecular flexibility index (Phi) is 4.34. The van der Waals surface area contributed by atoms with Crippen molar-refractivity contribution in [2.75, 3.05) is 0 Å². The number of fused-ring (bicyclic) bond motifs is 2.